The molecule has 0 bridgehead atoms. The van der Waals surface area contributed by atoms with Crippen LogP contribution in [0.1, 0.15) is 22.1 Å². The lowest BCUT2D eigenvalue weighted by atomic mass is 9.98. The van der Waals surface area contributed by atoms with Crippen molar-refractivity contribution < 1.29 is 4.79 Å². The fourth-order valence-electron chi connectivity index (χ4n) is 3.26. The molecule has 2 aliphatic rings. The Morgan fingerprint density at radius 2 is 1.91 bits per heavy atom. The first-order valence-corrected chi connectivity index (χ1v) is 7.83. The van der Waals surface area contributed by atoms with Crippen LogP contribution in [0.5, 0.6) is 0 Å². The Kier molecular flexibility index (Phi) is 3.16. The maximum atomic E-state index is 13.0. The molecule has 5 heteroatoms. The van der Waals surface area contributed by atoms with Crippen molar-refractivity contribution in [2.24, 2.45) is 0 Å². The second kappa shape index (κ2) is 5.21. The van der Waals surface area contributed by atoms with Gasteiger partial charge in [0, 0.05) is 17.8 Å². The lowest BCUT2D eigenvalue weighted by Gasteiger charge is -2.48. The minimum atomic E-state index is -0.250. The van der Waals surface area contributed by atoms with E-state index in [0.717, 1.165) is 16.9 Å². The van der Waals surface area contributed by atoms with Gasteiger partial charge in [0.15, 0.2) is 5.11 Å². The average Bonchev–Trinajstić information content (AvgIpc) is 2.58. The molecule has 0 spiro atoms. The summed E-state index contributed by atoms with van der Waals surface area (Å²) in [7, 11) is 0. The quantitative estimate of drug-likeness (QED) is 0.678. The summed E-state index contributed by atoms with van der Waals surface area (Å²) in [6.07, 6.45) is 1.50. The largest absolute Gasteiger partial charge is 0.332 e. The topological polar surface area (TPSA) is 35.6 Å². The van der Waals surface area contributed by atoms with Crippen LogP contribution in [0, 0.1) is 0 Å². The van der Waals surface area contributed by atoms with Crippen LogP contribution in [-0.2, 0) is 0 Å². The van der Waals surface area contributed by atoms with Crippen LogP contribution in [0.3, 0.4) is 0 Å². The van der Waals surface area contributed by atoms with Crippen molar-refractivity contribution in [1.29, 1.82) is 0 Å². The molecule has 0 fully saturated rings. The molecular formula is C18H15N3OS. The Morgan fingerprint density at radius 1 is 1.17 bits per heavy atom. The minimum absolute atomic E-state index is 0.00116. The third kappa shape index (κ3) is 1.97. The zero-order chi connectivity index (χ0) is 16.0. The average molecular weight is 321 g/mol. The van der Waals surface area contributed by atoms with Crippen LogP contribution in [0.4, 0.5) is 11.4 Å². The molecule has 114 valence electrons. The highest BCUT2D eigenvalue weighted by molar-refractivity contribution is 7.80. The highest BCUT2D eigenvalue weighted by Gasteiger charge is 2.42. The van der Waals surface area contributed by atoms with Gasteiger partial charge in [-0.3, -0.25) is 9.69 Å². The third-order valence-corrected chi connectivity index (χ3v) is 4.52. The highest BCUT2D eigenvalue weighted by Crippen LogP contribution is 2.43. The van der Waals surface area contributed by atoms with Gasteiger partial charge in [0.05, 0.1) is 11.3 Å². The van der Waals surface area contributed by atoms with Crippen LogP contribution >= 0.6 is 12.2 Å². The number of hydrogen-bond donors (Lipinski definition) is 1. The van der Waals surface area contributed by atoms with Crippen LogP contribution in [0.25, 0.3) is 0 Å². The van der Waals surface area contributed by atoms with Gasteiger partial charge in [0.1, 0.15) is 6.17 Å². The first-order valence-electron chi connectivity index (χ1n) is 7.42. The molecule has 2 aliphatic heterocycles. The molecule has 0 aliphatic carbocycles. The van der Waals surface area contributed by atoms with Crippen molar-refractivity contribution in [3.05, 3.63) is 72.3 Å². The molecule has 1 unspecified atom stereocenters. The van der Waals surface area contributed by atoms with Crippen molar-refractivity contribution >= 4 is 34.6 Å². The zero-order valence-electron chi connectivity index (χ0n) is 12.4. The predicted molar refractivity (Wildman–Crippen MR) is 95.6 cm³/mol. The van der Waals surface area contributed by atoms with Gasteiger partial charge >= 0.3 is 0 Å². The fraction of sp³-hybridized carbons (Fsp3) is 0.111. The van der Waals surface area contributed by atoms with E-state index in [1.807, 2.05) is 53.4 Å². The maximum absolute atomic E-state index is 13.0. The van der Waals surface area contributed by atoms with Gasteiger partial charge in [0.25, 0.3) is 5.91 Å². The van der Waals surface area contributed by atoms with E-state index in [9.17, 15) is 4.79 Å². The number of rotatable bonds is 2. The molecule has 1 amide bonds. The van der Waals surface area contributed by atoms with E-state index in [4.69, 9.17) is 12.2 Å². The van der Waals surface area contributed by atoms with Crippen molar-refractivity contribution in [1.82, 2.24) is 4.90 Å². The van der Waals surface area contributed by atoms with Crippen LogP contribution in [0.15, 0.2) is 61.2 Å². The van der Waals surface area contributed by atoms with E-state index in [1.54, 1.807) is 11.0 Å². The number of anilines is 2. The van der Waals surface area contributed by atoms with Crippen molar-refractivity contribution in [3.8, 4) is 0 Å². The maximum Gasteiger partial charge on any atom is 0.258 e. The second-order valence-corrected chi connectivity index (χ2v) is 5.91. The van der Waals surface area contributed by atoms with Crippen LogP contribution < -0.4 is 10.2 Å². The summed E-state index contributed by atoms with van der Waals surface area (Å²) in [6, 6.07) is 15.5. The summed E-state index contributed by atoms with van der Waals surface area (Å²) in [5, 5.41) is 3.87. The summed E-state index contributed by atoms with van der Waals surface area (Å²) in [4.78, 5) is 16.8. The SMILES string of the molecule is C=CCN1C(=O)c2ccccc2N2C(=S)Nc3ccccc3C12. The molecule has 0 saturated heterocycles. The molecular weight excluding hydrogens is 306 g/mol. The number of amides is 1. The van der Waals surface area contributed by atoms with Gasteiger partial charge in [-0.15, -0.1) is 6.58 Å². The molecule has 1 atom stereocenters. The Bertz CT molecular complexity index is 833. The van der Waals surface area contributed by atoms with Crippen LogP contribution in [-0.4, -0.2) is 22.5 Å². The molecule has 23 heavy (non-hydrogen) atoms. The number of thiocarbonyl (C=S) groups is 1. The van der Waals surface area contributed by atoms with E-state index < -0.39 is 0 Å². The van der Waals surface area contributed by atoms with Crippen molar-refractivity contribution in [3.63, 3.8) is 0 Å². The number of para-hydroxylation sites is 2. The van der Waals surface area contributed by atoms with Gasteiger partial charge in [-0.2, -0.15) is 0 Å². The third-order valence-electron chi connectivity index (χ3n) is 4.22. The molecule has 4 rings (SSSR count). The Morgan fingerprint density at radius 3 is 2.74 bits per heavy atom. The summed E-state index contributed by atoms with van der Waals surface area (Å²) >= 11 is 5.58. The Hall–Kier alpha value is -2.66. The molecule has 4 nitrogen and oxygen atoms in total. The monoisotopic (exact) mass is 321 g/mol. The van der Waals surface area contributed by atoms with Gasteiger partial charge in [-0.05, 0) is 30.4 Å². The van der Waals surface area contributed by atoms with E-state index in [2.05, 4.69) is 11.9 Å². The summed E-state index contributed by atoms with van der Waals surface area (Å²) < 4.78 is 0. The van der Waals surface area contributed by atoms with Gasteiger partial charge in [0.2, 0.25) is 0 Å². The van der Waals surface area contributed by atoms with E-state index >= 15 is 0 Å². The second-order valence-electron chi connectivity index (χ2n) is 5.52. The molecule has 2 heterocycles. The summed E-state index contributed by atoms with van der Waals surface area (Å²) in [5.74, 6) is 0.00116. The highest BCUT2D eigenvalue weighted by atomic mass is 32.1. The normalized spacial score (nSPS) is 18.7. The number of carbonyl (C=O) groups is 1. The van der Waals surface area contributed by atoms with E-state index in [-0.39, 0.29) is 12.1 Å². The lowest BCUT2D eigenvalue weighted by molar-refractivity contribution is 0.0689. The zero-order valence-corrected chi connectivity index (χ0v) is 13.2. The number of nitrogens with zero attached hydrogens (tertiary/aromatic N) is 2. The number of carbonyl (C=O) groups excluding carboxylic acids is 1. The van der Waals surface area contributed by atoms with Crippen molar-refractivity contribution in [2.75, 3.05) is 16.8 Å². The van der Waals surface area contributed by atoms with Crippen molar-refractivity contribution in [2.45, 2.75) is 6.17 Å². The predicted octanol–water partition coefficient (Wildman–Crippen LogP) is 3.54. The number of fused-ring (bicyclic) bond motifs is 5. The number of benzene rings is 2. The molecule has 1 N–H and O–H groups in total. The number of hydrogen-bond acceptors (Lipinski definition) is 2. The molecule has 0 aromatic heterocycles. The Labute approximate surface area is 140 Å². The smallest absolute Gasteiger partial charge is 0.258 e. The fourth-order valence-corrected chi connectivity index (χ4v) is 3.57. The summed E-state index contributed by atoms with van der Waals surface area (Å²) in [6.45, 7) is 4.26. The lowest BCUT2D eigenvalue weighted by Crippen LogP contribution is -2.55. The van der Waals surface area contributed by atoms with E-state index in [1.165, 1.54) is 0 Å². The molecule has 2 aromatic rings. The van der Waals surface area contributed by atoms with Gasteiger partial charge in [-0.1, -0.05) is 36.4 Å². The first-order chi connectivity index (χ1) is 11.2. The van der Waals surface area contributed by atoms with Gasteiger partial charge in [-0.25, -0.2) is 0 Å². The number of nitrogens with one attached hydrogen (secondary N) is 1. The molecule has 0 saturated carbocycles. The van der Waals surface area contributed by atoms with Crippen LogP contribution in [0.2, 0.25) is 0 Å². The Balaban J connectivity index is 1.97. The molecule has 0 radical (unpaired) electrons. The van der Waals surface area contributed by atoms with Gasteiger partial charge < -0.3 is 10.2 Å². The standard InChI is InChI=1S/C18H15N3OS/c1-2-11-20-16-12-7-3-5-9-14(12)19-18(23)21(16)15-10-6-4-8-13(15)17(20)22/h2-10,16H,1,11H2,(H,19,23). The first kappa shape index (κ1) is 14.0. The van der Waals surface area contributed by atoms with E-state index in [0.29, 0.717) is 17.2 Å². The summed E-state index contributed by atoms with van der Waals surface area (Å²) in [5.41, 5.74) is 3.48. The molecule has 2 aromatic carbocycles. The minimum Gasteiger partial charge on any atom is -0.332 e.